The minimum atomic E-state index is -0.304. The number of benzene rings is 3. The molecule has 0 aliphatic rings. The molecule has 9 heterocycles. The predicted octanol–water partition coefficient (Wildman–Crippen LogP) is 14.3. The third kappa shape index (κ3) is 17.8. The first-order valence-corrected chi connectivity index (χ1v) is 36.4. The van der Waals surface area contributed by atoms with Crippen molar-refractivity contribution in [3.8, 4) is 33.8 Å². The van der Waals surface area contributed by atoms with E-state index in [-0.39, 0.29) is 16.5 Å². The molecular formula is C78H96N18O3S3. The summed E-state index contributed by atoms with van der Waals surface area (Å²) < 4.78 is 10.2. The number of fused-ring (bicyclic) bond motifs is 3. The first-order valence-electron chi connectivity index (χ1n) is 34.0. The third-order valence-corrected chi connectivity index (χ3v) is 21.5. The van der Waals surface area contributed by atoms with Crippen LogP contribution in [0.5, 0.6) is 0 Å². The number of hydrogen-bond acceptors (Lipinski definition) is 19. The summed E-state index contributed by atoms with van der Waals surface area (Å²) in [5.74, 6) is 1.97. The van der Waals surface area contributed by atoms with Gasteiger partial charge in [-0.25, -0.2) is 29.9 Å². The maximum atomic E-state index is 12.2. The van der Waals surface area contributed by atoms with E-state index in [9.17, 15) is 14.9 Å². The molecule has 0 radical (unpaired) electrons. The van der Waals surface area contributed by atoms with E-state index in [1.165, 1.54) is 62.5 Å². The van der Waals surface area contributed by atoms with Crippen molar-refractivity contribution in [3.05, 3.63) is 198 Å². The smallest absolute Gasteiger partial charge is 0.292 e. The van der Waals surface area contributed by atoms with Crippen molar-refractivity contribution in [2.45, 2.75) is 60.8 Å². The van der Waals surface area contributed by atoms with Gasteiger partial charge in [0.05, 0.1) is 75.4 Å². The number of nitrogens with one attached hydrogen (secondary N) is 1. The average Bonchev–Trinajstić information content (AvgIpc) is 1.62. The molecular weight excluding hydrogens is 1330 g/mol. The lowest BCUT2D eigenvalue weighted by atomic mass is 10.0. The molecule has 534 valence electrons. The Morgan fingerprint density at radius 2 is 0.853 bits per heavy atom. The van der Waals surface area contributed by atoms with Gasteiger partial charge in [-0.05, 0) is 190 Å². The van der Waals surface area contributed by atoms with E-state index in [4.69, 9.17) is 20.7 Å². The Morgan fingerprint density at radius 3 is 1.23 bits per heavy atom. The summed E-state index contributed by atoms with van der Waals surface area (Å²) in [7, 11) is 24.5. The second kappa shape index (κ2) is 32.5. The van der Waals surface area contributed by atoms with Gasteiger partial charge in [-0.3, -0.25) is 14.9 Å². The minimum Gasteiger partial charge on any atom is -0.397 e. The van der Waals surface area contributed by atoms with Gasteiger partial charge in [-0.2, -0.15) is 0 Å². The molecule has 3 aromatic carbocycles. The Labute approximate surface area is 611 Å². The van der Waals surface area contributed by atoms with Gasteiger partial charge in [0, 0.05) is 175 Å². The summed E-state index contributed by atoms with van der Waals surface area (Å²) in [6, 6.07) is 24.5. The first-order chi connectivity index (χ1) is 48.5. The number of amides is 1. The van der Waals surface area contributed by atoms with Gasteiger partial charge in [0.2, 0.25) is 5.91 Å². The number of nitrogen functional groups attached to an aromatic ring is 1. The molecule has 0 spiro atoms. The number of nitrogens with zero attached hydrogens (tertiary/aromatic N) is 16. The SMILES string of the molecule is C=CC(=O)Nc1cc(Cc2nccc(-c3cn(C)c4cc(C)sc34)n2)c(C)cc1N(C)CCN(C)C.Cc1cc2c(s1)c(-c1ccnc(Cc3cc(N)c(N(C)CCN(C)C)cc3C)n1)cn2C.Cc1cc2c(s1)c(-c1ccnc(Cc3cc([N+](=O)[O-])c(N(C)CCN(C)C)cc3C)n1)cn2C. The highest BCUT2D eigenvalue weighted by Crippen LogP contribution is 2.40. The Kier molecular flexibility index (Phi) is 23.9. The van der Waals surface area contributed by atoms with Crippen LogP contribution in [-0.2, 0) is 45.2 Å². The molecule has 0 saturated carbocycles. The zero-order chi connectivity index (χ0) is 73.5. The van der Waals surface area contributed by atoms with Gasteiger partial charge in [0.25, 0.3) is 5.69 Å². The van der Waals surface area contributed by atoms with Gasteiger partial charge < -0.3 is 54.2 Å². The number of carbonyl (C=O) groups excluding carboxylic acids is 1. The molecule has 102 heavy (non-hydrogen) atoms. The molecule has 21 nitrogen and oxygen atoms in total. The molecule has 0 aliphatic heterocycles. The average molecular weight is 1430 g/mol. The number of nitro groups is 1. The molecule has 0 fully saturated rings. The van der Waals surface area contributed by atoms with Gasteiger partial charge in [0.1, 0.15) is 23.2 Å². The second-order valence-corrected chi connectivity index (χ2v) is 31.1. The zero-order valence-corrected chi connectivity index (χ0v) is 64.7. The summed E-state index contributed by atoms with van der Waals surface area (Å²) >= 11 is 5.36. The van der Waals surface area contributed by atoms with Crippen molar-refractivity contribution in [1.82, 2.24) is 58.3 Å². The van der Waals surface area contributed by atoms with E-state index < -0.39 is 0 Å². The molecule has 0 saturated heterocycles. The molecule has 0 atom stereocenters. The molecule has 0 unspecified atom stereocenters. The van der Waals surface area contributed by atoms with E-state index in [1.807, 2.05) is 101 Å². The fraction of sp³-hybridized carbons (Fsp3) is 0.346. The van der Waals surface area contributed by atoms with Crippen LogP contribution >= 0.6 is 34.0 Å². The third-order valence-electron chi connectivity index (χ3n) is 18.2. The topological polar surface area (TPSA) is 210 Å². The van der Waals surface area contributed by atoms with Crippen LogP contribution in [0.1, 0.15) is 65.5 Å². The first kappa shape index (κ1) is 75.0. The highest BCUT2D eigenvalue weighted by molar-refractivity contribution is 7.20. The van der Waals surface area contributed by atoms with Crippen molar-refractivity contribution in [2.24, 2.45) is 21.1 Å². The van der Waals surface area contributed by atoms with Crippen molar-refractivity contribution in [2.75, 3.05) is 128 Å². The molecule has 0 bridgehead atoms. The quantitative estimate of drug-likeness (QED) is 0.0249. The highest BCUT2D eigenvalue weighted by atomic mass is 32.1. The van der Waals surface area contributed by atoms with E-state index in [0.717, 1.165) is 123 Å². The van der Waals surface area contributed by atoms with E-state index >= 15 is 0 Å². The number of hydrogen-bond donors (Lipinski definition) is 2. The summed E-state index contributed by atoms with van der Waals surface area (Å²) in [5.41, 5.74) is 27.0. The standard InChI is InChI=1S/C28H34N6OS.C25H30N6O2S.C25H32N6S/c1-8-27(35)31-23-15-20(18(2)13-24(23)33(6)12-11-32(4)5)16-26-29-10-9-22(30-26)21-17-34(7)25-14-19(3)36-28(21)25;1-16-11-21(29(5)10-9-28(3)4)22(31(32)33)13-18(16)14-24-26-8-7-20(27-24)19-15-30(6)23-12-17(2)34-25(19)23;1-16-11-22(30(5)10-9-29(3)4)20(26)13-18(16)14-24-27-8-7-21(28-24)19-15-31(6)23-12-17(2)32-25(19)23/h8-10,13-15,17H,1,11-12,16H2,2-7H3,(H,31,35);7-8,11-13,15H,9-10,14H2,1-6H3;7-8,11-13,15H,9-10,14,26H2,1-6H3. The van der Waals surface area contributed by atoms with E-state index in [2.05, 4.69) is 204 Å². The Morgan fingerprint density at radius 1 is 0.510 bits per heavy atom. The number of thiophene rings is 3. The van der Waals surface area contributed by atoms with Gasteiger partial charge in [0.15, 0.2) is 0 Å². The number of carbonyl (C=O) groups is 1. The van der Waals surface area contributed by atoms with Crippen molar-refractivity contribution in [3.63, 3.8) is 0 Å². The lowest BCUT2D eigenvalue weighted by Gasteiger charge is -2.25. The second-order valence-electron chi connectivity index (χ2n) is 27.3. The van der Waals surface area contributed by atoms with Crippen LogP contribution in [0.25, 0.3) is 64.4 Å². The van der Waals surface area contributed by atoms with Crippen LogP contribution < -0.4 is 25.8 Å². The van der Waals surface area contributed by atoms with Crippen LogP contribution in [0.2, 0.25) is 0 Å². The number of rotatable bonds is 24. The summed E-state index contributed by atoms with van der Waals surface area (Å²) in [6.45, 7) is 21.4. The van der Waals surface area contributed by atoms with Crippen LogP contribution in [0.3, 0.4) is 0 Å². The lowest BCUT2D eigenvalue weighted by molar-refractivity contribution is -0.384. The lowest BCUT2D eigenvalue weighted by Crippen LogP contribution is -2.29. The normalized spacial score (nSPS) is 11.5. The molecule has 1 amide bonds. The minimum absolute atomic E-state index is 0.108. The molecule has 3 N–H and O–H groups in total. The number of likely N-dealkylation sites (N-methyl/N-ethyl adjacent to an activating group) is 6. The fourth-order valence-corrected chi connectivity index (χ4v) is 15.6. The number of anilines is 5. The Balaban J connectivity index is 0.000000165. The molecule has 12 rings (SSSR count). The van der Waals surface area contributed by atoms with Crippen molar-refractivity contribution >= 4 is 105 Å². The number of aromatic nitrogens is 9. The summed E-state index contributed by atoms with van der Waals surface area (Å²) in [5, 5.41) is 14.9. The van der Waals surface area contributed by atoms with Crippen LogP contribution in [0, 0.1) is 51.7 Å². The number of nitrogens with two attached hydrogens (primary N) is 1. The number of aryl methyl sites for hydroxylation is 9. The van der Waals surface area contributed by atoms with Gasteiger partial charge >= 0.3 is 0 Å². The maximum absolute atomic E-state index is 12.2. The number of nitro benzene ring substituents is 1. The van der Waals surface area contributed by atoms with Gasteiger partial charge in [-0.1, -0.05) is 6.58 Å². The van der Waals surface area contributed by atoms with E-state index in [1.54, 1.807) is 34.9 Å². The van der Waals surface area contributed by atoms with Crippen molar-refractivity contribution in [1.29, 1.82) is 0 Å². The van der Waals surface area contributed by atoms with Crippen LogP contribution in [0.15, 0.2) is 123 Å². The predicted molar refractivity (Wildman–Crippen MR) is 427 cm³/mol. The summed E-state index contributed by atoms with van der Waals surface area (Å²) in [6.07, 6.45) is 14.8. The maximum Gasteiger partial charge on any atom is 0.292 e. The van der Waals surface area contributed by atoms with E-state index in [0.29, 0.717) is 37.3 Å². The highest BCUT2D eigenvalue weighted by Gasteiger charge is 2.23. The van der Waals surface area contributed by atoms with Crippen LogP contribution in [-0.4, -0.2) is 172 Å². The fourth-order valence-electron chi connectivity index (χ4n) is 12.4. The van der Waals surface area contributed by atoms with Gasteiger partial charge in [-0.15, -0.1) is 34.0 Å². The molecule has 24 heteroatoms. The molecule has 9 aromatic heterocycles. The molecule has 12 aromatic rings. The monoisotopic (exact) mass is 1430 g/mol. The van der Waals surface area contributed by atoms with Crippen molar-refractivity contribution < 1.29 is 9.72 Å². The Bertz CT molecular complexity index is 5010. The Hall–Kier alpha value is -9.69. The summed E-state index contributed by atoms with van der Waals surface area (Å²) in [4.78, 5) is 68.6. The largest absolute Gasteiger partial charge is 0.397 e. The zero-order valence-electron chi connectivity index (χ0n) is 62.2. The molecule has 0 aliphatic carbocycles. The van der Waals surface area contributed by atoms with Crippen LogP contribution in [0.4, 0.5) is 34.1 Å².